The summed E-state index contributed by atoms with van der Waals surface area (Å²) in [7, 11) is -1.17. The molecule has 0 aliphatic rings. The van der Waals surface area contributed by atoms with Gasteiger partial charge in [0.25, 0.3) is 0 Å². The first-order valence-corrected chi connectivity index (χ1v) is 7.59. The Morgan fingerprint density at radius 1 is 0.762 bits per heavy atom. The second kappa shape index (κ2) is 6.33. The Morgan fingerprint density at radius 3 is 1.90 bits per heavy atom. The van der Waals surface area contributed by atoms with E-state index < -0.39 is 7.12 Å². The predicted molar refractivity (Wildman–Crippen MR) is 88.3 cm³/mol. The number of rotatable bonds is 6. The normalized spacial score (nSPS) is 11.3. The second-order valence-electron chi connectivity index (χ2n) is 5.52. The van der Waals surface area contributed by atoms with Crippen LogP contribution in [0.5, 0.6) is 0 Å². The zero-order chi connectivity index (χ0) is 14.7. The van der Waals surface area contributed by atoms with E-state index in [-0.39, 0.29) is 0 Å². The highest BCUT2D eigenvalue weighted by molar-refractivity contribution is 6.40. The lowest BCUT2D eigenvalue weighted by Gasteiger charge is -2.07. The van der Waals surface area contributed by atoms with Crippen LogP contribution in [0.25, 0.3) is 21.8 Å². The lowest BCUT2D eigenvalue weighted by atomic mass is 9.83. The molecule has 0 aliphatic heterocycles. The van der Waals surface area contributed by atoms with E-state index in [9.17, 15) is 0 Å². The minimum absolute atomic E-state index is 0.465. The maximum Gasteiger partial charge on any atom is 0.451 e. The van der Waals surface area contributed by atoms with Crippen molar-refractivity contribution in [1.29, 1.82) is 0 Å². The average Bonchev–Trinajstić information content (AvgIpc) is 2.81. The molecule has 1 aromatic heterocycles. The minimum atomic E-state index is -1.17. The van der Waals surface area contributed by atoms with E-state index in [0.717, 1.165) is 25.8 Å². The Kier molecular flexibility index (Phi) is 4.27. The molecule has 0 fully saturated rings. The van der Waals surface area contributed by atoms with Crippen LogP contribution in [0.3, 0.4) is 0 Å². The summed E-state index contributed by atoms with van der Waals surface area (Å²) in [6, 6.07) is 17.0. The summed E-state index contributed by atoms with van der Waals surface area (Å²) in [5.74, 6) is 0. The van der Waals surface area contributed by atoms with Gasteiger partial charge < -0.3 is 14.6 Å². The van der Waals surface area contributed by atoms with Gasteiger partial charge in [-0.1, -0.05) is 49.2 Å². The van der Waals surface area contributed by atoms with E-state index in [1.165, 1.54) is 21.8 Å². The summed E-state index contributed by atoms with van der Waals surface area (Å²) in [6.45, 7) is 0.968. The third-order valence-corrected chi connectivity index (χ3v) is 4.02. The zero-order valence-electron chi connectivity index (χ0n) is 12.1. The van der Waals surface area contributed by atoms with Crippen molar-refractivity contribution in [3.8, 4) is 0 Å². The van der Waals surface area contributed by atoms with Gasteiger partial charge in [0.1, 0.15) is 0 Å². The van der Waals surface area contributed by atoms with Crippen LogP contribution in [0.1, 0.15) is 19.3 Å². The monoisotopic (exact) mass is 281 g/mol. The lowest BCUT2D eigenvalue weighted by molar-refractivity contribution is 0.401. The molecule has 2 aromatic carbocycles. The third-order valence-electron chi connectivity index (χ3n) is 4.02. The van der Waals surface area contributed by atoms with Gasteiger partial charge >= 0.3 is 7.12 Å². The molecule has 4 heteroatoms. The third kappa shape index (κ3) is 2.97. The molecule has 3 rings (SSSR count). The van der Waals surface area contributed by atoms with Gasteiger partial charge in [-0.3, -0.25) is 0 Å². The molecule has 3 nitrogen and oxygen atoms in total. The zero-order valence-corrected chi connectivity index (χ0v) is 12.1. The van der Waals surface area contributed by atoms with Crippen molar-refractivity contribution in [2.75, 3.05) is 0 Å². The van der Waals surface area contributed by atoms with Gasteiger partial charge in [-0.25, -0.2) is 0 Å². The van der Waals surface area contributed by atoms with Crippen molar-refractivity contribution in [2.24, 2.45) is 0 Å². The first kappa shape index (κ1) is 14.2. The van der Waals surface area contributed by atoms with Crippen molar-refractivity contribution in [3.63, 3.8) is 0 Å². The van der Waals surface area contributed by atoms with Gasteiger partial charge in [-0.05, 0) is 24.9 Å². The molecule has 108 valence electrons. The number of nitrogens with zero attached hydrogens (tertiary/aromatic N) is 1. The molecule has 0 saturated heterocycles. The molecule has 0 saturated carbocycles. The van der Waals surface area contributed by atoms with Crippen LogP contribution in [0, 0.1) is 0 Å². The highest BCUT2D eigenvalue weighted by Crippen LogP contribution is 2.29. The highest BCUT2D eigenvalue weighted by atomic mass is 16.4. The molecule has 0 unspecified atom stereocenters. The number of unbranched alkanes of at least 4 members (excludes halogenated alkanes) is 2. The first-order chi connectivity index (χ1) is 10.3. The largest absolute Gasteiger partial charge is 0.451 e. The Labute approximate surface area is 125 Å². The Balaban J connectivity index is 1.83. The average molecular weight is 281 g/mol. The van der Waals surface area contributed by atoms with Gasteiger partial charge in [0.2, 0.25) is 0 Å². The molecule has 1 heterocycles. The van der Waals surface area contributed by atoms with Crippen LogP contribution in [-0.4, -0.2) is 21.7 Å². The fourth-order valence-electron chi connectivity index (χ4n) is 3.02. The standard InChI is InChI=1S/C17H20BNO2/c20-18(21)12-6-1-7-13-19-16-10-4-2-8-14(16)15-9-3-5-11-17(15)19/h2-5,8-11,20-21H,1,6-7,12-13H2. The maximum absolute atomic E-state index is 8.87. The quantitative estimate of drug-likeness (QED) is 0.537. The number of fused-ring (bicyclic) bond motifs is 3. The molecular weight excluding hydrogens is 261 g/mol. The van der Waals surface area contributed by atoms with Crippen molar-refractivity contribution < 1.29 is 10.0 Å². The Hall–Kier alpha value is -1.78. The summed E-state index contributed by atoms with van der Waals surface area (Å²) in [5.41, 5.74) is 2.56. The summed E-state index contributed by atoms with van der Waals surface area (Å²) >= 11 is 0. The van der Waals surface area contributed by atoms with E-state index in [1.807, 2.05) is 0 Å². The van der Waals surface area contributed by atoms with Crippen molar-refractivity contribution in [2.45, 2.75) is 32.1 Å². The van der Waals surface area contributed by atoms with Crippen LogP contribution in [0.15, 0.2) is 48.5 Å². The van der Waals surface area contributed by atoms with Gasteiger partial charge in [0, 0.05) is 28.4 Å². The molecule has 0 bridgehead atoms. The fourth-order valence-corrected chi connectivity index (χ4v) is 3.02. The number of para-hydroxylation sites is 2. The summed E-state index contributed by atoms with van der Waals surface area (Å²) in [6.07, 6.45) is 3.38. The SMILES string of the molecule is OB(O)CCCCCn1c2ccccc2c2ccccc21. The molecule has 0 spiro atoms. The smallest absolute Gasteiger partial charge is 0.427 e. The summed E-state index contributed by atoms with van der Waals surface area (Å²) < 4.78 is 2.38. The number of aromatic nitrogens is 1. The van der Waals surface area contributed by atoms with Gasteiger partial charge in [0.15, 0.2) is 0 Å². The maximum atomic E-state index is 8.87. The van der Waals surface area contributed by atoms with E-state index in [2.05, 4.69) is 53.1 Å². The molecule has 0 radical (unpaired) electrons. The van der Waals surface area contributed by atoms with Crippen LogP contribution >= 0.6 is 0 Å². The number of hydrogen-bond donors (Lipinski definition) is 2. The second-order valence-corrected chi connectivity index (χ2v) is 5.52. The molecule has 2 N–H and O–H groups in total. The first-order valence-electron chi connectivity index (χ1n) is 7.59. The molecular formula is C17H20BNO2. The van der Waals surface area contributed by atoms with E-state index in [1.54, 1.807) is 0 Å². The minimum Gasteiger partial charge on any atom is -0.427 e. The van der Waals surface area contributed by atoms with E-state index in [4.69, 9.17) is 10.0 Å². The molecule has 0 aliphatic carbocycles. The Bertz CT molecular complexity index is 683. The van der Waals surface area contributed by atoms with Crippen LogP contribution in [0.2, 0.25) is 6.32 Å². The topological polar surface area (TPSA) is 45.4 Å². The van der Waals surface area contributed by atoms with Gasteiger partial charge in [0.05, 0.1) is 0 Å². The van der Waals surface area contributed by atoms with Gasteiger partial charge in [-0.2, -0.15) is 0 Å². The fraction of sp³-hybridized carbons (Fsp3) is 0.294. The molecule has 0 atom stereocenters. The van der Waals surface area contributed by atoms with Gasteiger partial charge in [-0.15, -0.1) is 0 Å². The van der Waals surface area contributed by atoms with Crippen LogP contribution in [-0.2, 0) is 6.54 Å². The summed E-state index contributed by atoms with van der Waals surface area (Å²) in [4.78, 5) is 0. The molecule has 3 aromatic rings. The highest BCUT2D eigenvalue weighted by Gasteiger charge is 2.09. The number of aryl methyl sites for hydroxylation is 1. The van der Waals surface area contributed by atoms with Crippen LogP contribution in [0.4, 0.5) is 0 Å². The Morgan fingerprint density at radius 2 is 1.33 bits per heavy atom. The predicted octanol–water partition coefficient (Wildman–Crippen LogP) is 3.44. The van der Waals surface area contributed by atoms with E-state index in [0.29, 0.717) is 6.32 Å². The molecule has 21 heavy (non-hydrogen) atoms. The van der Waals surface area contributed by atoms with Crippen molar-refractivity contribution in [3.05, 3.63) is 48.5 Å². The lowest BCUT2D eigenvalue weighted by Crippen LogP contribution is -2.09. The van der Waals surface area contributed by atoms with Crippen molar-refractivity contribution >= 4 is 28.9 Å². The summed E-state index contributed by atoms with van der Waals surface area (Å²) in [5, 5.41) is 20.3. The number of benzene rings is 2. The van der Waals surface area contributed by atoms with Crippen LogP contribution < -0.4 is 0 Å². The molecule has 0 amide bonds. The van der Waals surface area contributed by atoms with E-state index >= 15 is 0 Å². The number of hydrogen-bond acceptors (Lipinski definition) is 2. The van der Waals surface area contributed by atoms with Crippen molar-refractivity contribution in [1.82, 2.24) is 4.57 Å².